The Labute approximate surface area is 280 Å². The third-order valence-corrected chi connectivity index (χ3v) is 8.88. The van der Waals surface area contributed by atoms with E-state index in [1.165, 1.54) is 0 Å². The number of benzene rings is 5. The van der Waals surface area contributed by atoms with Crippen molar-refractivity contribution >= 4 is 29.2 Å². The number of hydrogen-bond donors (Lipinski definition) is 1. The van der Waals surface area contributed by atoms with Crippen LogP contribution in [0.4, 0.5) is 5.69 Å². The first kappa shape index (κ1) is 32.2. The molecule has 6 rings (SSSR count). The topological polar surface area (TPSA) is 67.9 Å². The highest BCUT2D eigenvalue weighted by molar-refractivity contribution is 6.31. The molecule has 7 heteroatoms. The molecule has 1 amide bonds. The fraction of sp³-hybridized carbons (Fsp3) is 0.200. The molecule has 1 unspecified atom stereocenters. The Bertz CT molecular complexity index is 1790. The lowest BCUT2D eigenvalue weighted by Gasteiger charge is -2.38. The van der Waals surface area contributed by atoms with E-state index in [0.717, 1.165) is 27.8 Å². The monoisotopic (exact) mass is 644 g/mol. The number of carbonyl (C=O) groups is 2. The molecular weight excluding hydrogens is 608 g/mol. The van der Waals surface area contributed by atoms with E-state index >= 15 is 4.79 Å². The molecular formula is C40H37ClN2O4. The standard InChI is InChI=1S/C40H37ClN2O4/c1-3-46-38(44)37(42-36(30-18-9-5-10-19-30)31-20-11-6-12-21-31)40(47-27-32-22-14-13-15-28(32)2)34-24-23-33(41)25-35(34)43(39(40)45)26-29-16-7-4-8-17-29/h4-25,36-37,42H,3,26-27H2,1-2H3/t37?,40-/m0/s1. The van der Waals surface area contributed by atoms with Gasteiger partial charge in [-0.05, 0) is 53.8 Å². The van der Waals surface area contributed by atoms with Crippen LogP contribution in [-0.4, -0.2) is 24.5 Å². The maximum atomic E-state index is 15.2. The second-order valence-electron chi connectivity index (χ2n) is 11.6. The zero-order valence-corrected chi connectivity index (χ0v) is 27.2. The number of anilines is 1. The smallest absolute Gasteiger partial charge is 0.327 e. The molecule has 0 fully saturated rings. The maximum Gasteiger partial charge on any atom is 0.327 e. The van der Waals surface area contributed by atoms with Crippen LogP contribution in [0.3, 0.4) is 0 Å². The molecule has 6 nitrogen and oxygen atoms in total. The fourth-order valence-electron chi connectivity index (χ4n) is 6.28. The molecule has 2 atom stereocenters. The van der Waals surface area contributed by atoms with Crippen molar-refractivity contribution in [2.45, 2.75) is 44.7 Å². The van der Waals surface area contributed by atoms with Gasteiger partial charge in [0.25, 0.3) is 5.91 Å². The molecule has 0 saturated heterocycles. The van der Waals surface area contributed by atoms with Crippen molar-refractivity contribution < 1.29 is 19.1 Å². The lowest BCUT2D eigenvalue weighted by atomic mass is 9.85. The fourth-order valence-corrected chi connectivity index (χ4v) is 6.44. The van der Waals surface area contributed by atoms with Gasteiger partial charge in [0.2, 0.25) is 0 Å². The van der Waals surface area contributed by atoms with E-state index in [1.54, 1.807) is 30.0 Å². The van der Waals surface area contributed by atoms with Crippen molar-refractivity contribution in [3.63, 3.8) is 0 Å². The minimum absolute atomic E-state index is 0.0819. The van der Waals surface area contributed by atoms with Crippen molar-refractivity contribution in [3.05, 3.63) is 172 Å². The molecule has 5 aromatic rings. The summed E-state index contributed by atoms with van der Waals surface area (Å²) >= 11 is 6.58. The number of nitrogens with one attached hydrogen (secondary N) is 1. The van der Waals surface area contributed by atoms with Crippen LogP contribution in [0.25, 0.3) is 0 Å². The summed E-state index contributed by atoms with van der Waals surface area (Å²) < 4.78 is 12.7. The summed E-state index contributed by atoms with van der Waals surface area (Å²) in [6.45, 7) is 4.23. The van der Waals surface area contributed by atoms with Gasteiger partial charge < -0.3 is 14.4 Å². The summed E-state index contributed by atoms with van der Waals surface area (Å²) in [5.41, 5.74) is 4.01. The number of rotatable bonds is 12. The Balaban J connectivity index is 1.55. The molecule has 0 spiro atoms. The van der Waals surface area contributed by atoms with Gasteiger partial charge in [0, 0.05) is 10.6 Å². The lowest BCUT2D eigenvalue weighted by molar-refractivity contribution is -0.169. The van der Waals surface area contributed by atoms with Crippen LogP contribution in [0.15, 0.2) is 133 Å². The number of halogens is 1. The minimum Gasteiger partial charge on any atom is -0.465 e. The molecule has 0 radical (unpaired) electrons. The SMILES string of the molecule is CCOC(=O)C(NC(c1ccccc1)c1ccccc1)[C@]1(OCc2ccccc2C)C(=O)N(Cc2ccccc2)c2cc(Cl)ccc21. The highest BCUT2D eigenvalue weighted by Gasteiger charge is 2.60. The zero-order chi connectivity index (χ0) is 32.8. The number of amides is 1. The molecule has 1 N–H and O–H groups in total. The summed E-state index contributed by atoms with van der Waals surface area (Å²) in [5.74, 6) is -0.970. The maximum absolute atomic E-state index is 15.2. The summed E-state index contributed by atoms with van der Waals surface area (Å²) in [6.07, 6.45) is 0. The summed E-state index contributed by atoms with van der Waals surface area (Å²) in [4.78, 5) is 31.2. The summed E-state index contributed by atoms with van der Waals surface area (Å²) in [6, 6.07) is 40.9. The number of hydrogen-bond acceptors (Lipinski definition) is 5. The van der Waals surface area contributed by atoms with E-state index in [-0.39, 0.29) is 25.7 Å². The van der Waals surface area contributed by atoms with Crippen LogP contribution in [0, 0.1) is 6.92 Å². The highest BCUT2D eigenvalue weighted by Crippen LogP contribution is 2.48. The first-order valence-electron chi connectivity index (χ1n) is 15.8. The molecule has 0 aromatic heterocycles. The van der Waals surface area contributed by atoms with Gasteiger partial charge in [0.15, 0.2) is 5.60 Å². The van der Waals surface area contributed by atoms with Crippen molar-refractivity contribution in [1.29, 1.82) is 0 Å². The lowest BCUT2D eigenvalue weighted by Crippen LogP contribution is -2.60. The predicted molar refractivity (Wildman–Crippen MR) is 185 cm³/mol. The number of esters is 1. The molecule has 238 valence electrons. The van der Waals surface area contributed by atoms with Crippen LogP contribution in [0.2, 0.25) is 5.02 Å². The minimum atomic E-state index is -1.80. The van der Waals surface area contributed by atoms with Crippen LogP contribution in [0.1, 0.15) is 46.3 Å². The largest absolute Gasteiger partial charge is 0.465 e. The van der Waals surface area contributed by atoms with Gasteiger partial charge in [-0.3, -0.25) is 14.9 Å². The molecule has 1 aliphatic rings. The van der Waals surface area contributed by atoms with Crippen LogP contribution in [0.5, 0.6) is 0 Å². The van der Waals surface area contributed by atoms with Crippen LogP contribution >= 0.6 is 11.6 Å². The first-order chi connectivity index (χ1) is 22.9. The van der Waals surface area contributed by atoms with E-state index in [0.29, 0.717) is 16.3 Å². The van der Waals surface area contributed by atoms with E-state index in [2.05, 4.69) is 5.32 Å². The molecule has 5 aromatic carbocycles. The third-order valence-electron chi connectivity index (χ3n) is 8.64. The summed E-state index contributed by atoms with van der Waals surface area (Å²) in [5, 5.41) is 4.06. The van der Waals surface area contributed by atoms with Gasteiger partial charge in [-0.15, -0.1) is 0 Å². The average Bonchev–Trinajstić information content (AvgIpc) is 3.32. The average molecular weight is 645 g/mol. The Kier molecular flexibility index (Phi) is 9.83. The number of aryl methyl sites for hydroxylation is 1. The molecule has 1 aliphatic heterocycles. The molecule has 0 saturated carbocycles. The third kappa shape index (κ3) is 6.58. The Hall–Kier alpha value is -4.75. The van der Waals surface area contributed by atoms with Gasteiger partial charge in [-0.25, -0.2) is 0 Å². The molecule has 0 aliphatic carbocycles. The van der Waals surface area contributed by atoms with Crippen molar-refractivity contribution in [3.8, 4) is 0 Å². The zero-order valence-electron chi connectivity index (χ0n) is 26.4. The van der Waals surface area contributed by atoms with Gasteiger partial charge in [-0.1, -0.05) is 133 Å². The second kappa shape index (κ2) is 14.3. The number of ether oxygens (including phenoxy) is 2. The van der Waals surface area contributed by atoms with Gasteiger partial charge in [0.1, 0.15) is 6.04 Å². The second-order valence-corrected chi connectivity index (χ2v) is 12.0. The van der Waals surface area contributed by atoms with Gasteiger partial charge in [0.05, 0.1) is 31.5 Å². The molecule has 1 heterocycles. The summed E-state index contributed by atoms with van der Waals surface area (Å²) in [7, 11) is 0. The molecule has 47 heavy (non-hydrogen) atoms. The van der Waals surface area contributed by atoms with Gasteiger partial charge in [-0.2, -0.15) is 0 Å². The predicted octanol–water partition coefficient (Wildman–Crippen LogP) is 7.92. The van der Waals surface area contributed by atoms with E-state index in [4.69, 9.17) is 21.1 Å². The van der Waals surface area contributed by atoms with E-state index in [9.17, 15) is 4.79 Å². The van der Waals surface area contributed by atoms with Crippen molar-refractivity contribution in [2.75, 3.05) is 11.5 Å². The van der Waals surface area contributed by atoms with Crippen molar-refractivity contribution in [1.82, 2.24) is 5.32 Å². The van der Waals surface area contributed by atoms with Crippen LogP contribution < -0.4 is 10.2 Å². The van der Waals surface area contributed by atoms with Crippen LogP contribution in [-0.2, 0) is 37.8 Å². The van der Waals surface area contributed by atoms with E-state index < -0.39 is 23.7 Å². The highest BCUT2D eigenvalue weighted by atomic mass is 35.5. The van der Waals surface area contributed by atoms with Crippen molar-refractivity contribution in [2.24, 2.45) is 0 Å². The number of carbonyl (C=O) groups excluding carboxylic acids is 2. The first-order valence-corrected chi connectivity index (χ1v) is 16.2. The normalized spacial score (nSPS) is 16.3. The number of nitrogens with zero attached hydrogens (tertiary/aromatic N) is 1. The molecule has 0 bridgehead atoms. The van der Waals surface area contributed by atoms with Gasteiger partial charge >= 0.3 is 5.97 Å². The Morgan fingerprint density at radius 1 is 0.830 bits per heavy atom. The Morgan fingerprint density at radius 3 is 2.04 bits per heavy atom. The quantitative estimate of drug-likeness (QED) is 0.140. The Morgan fingerprint density at radius 2 is 1.43 bits per heavy atom. The van der Waals surface area contributed by atoms with E-state index in [1.807, 2.05) is 122 Å². The number of fused-ring (bicyclic) bond motifs is 1.